The Bertz CT molecular complexity index is 710. The van der Waals surface area contributed by atoms with Crippen LogP contribution >= 0.6 is 0 Å². The lowest BCUT2D eigenvalue weighted by Gasteiger charge is -2.34. The van der Waals surface area contributed by atoms with E-state index in [0.717, 1.165) is 44.1 Å². The van der Waals surface area contributed by atoms with Gasteiger partial charge in [0.15, 0.2) is 18.2 Å². The Morgan fingerprint density at radius 1 is 1.08 bits per heavy atom. The van der Waals surface area contributed by atoms with Crippen molar-refractivity contribution in [3.8, 4) is 5.75 Å². The zero-order valence-corrected chi connectivity index (χ0v) is 15.3. The van der Waals surface area contributed by atoms with Crippen molar-refractivity contribution >= 4 is 17.5 Å². The van der Waals surface area contributed by atoms with Gasteiger partial charge in [-0.2, -0.15) is 0 Å². The van der Waals surface area contributed by atoms with E-state index in [1.165, 1.54) is 0 Å². The fourth-order valence-corrected chi connectivity index (χ4v) is 2.82. The Kier molecular flexibility index (Phi) is 6.01. The molecule has 1 aromatic heterocycles. The van der Waals surface area contributed by atoms with E-state index >= 15 is 0 Å². The second kappa shape index (κ2) is 8.62. The van der Waals surface area contributed by atoms with E-state index in [2.05, 4.69) is 32.2 Å². The second-order valence-corrected chi connectivity index (χ2v) is 6.35. The molecule has 138 valence electrons. The van der Waals surface area contributed by atoms with Gasteiger partial charge in [0.25, 0.3) is 5.91 Å². The van der Waals surface area contributed by atoms with Crippen molar-refractivity contribution in [3.05, 3.63) is 42.0 Å². The number of ether oxygens (including phenoxy) is 1. The average molecular weight is 355 g/mol. The van der Waals surface area contributed by atoms with Crippen LogP contribution in [-0.2, 0) is 4.79 Å². The number of nitrogens with one attached hydrogen (secondary N) is 1. The molecule has 1 saturated heterocycles. The zero-order chi connectivity index (χ0) is 18.4. The first-order chi connectivity index (χ1) is 12.6. The lowest BCUT2D eigenvalue weighted by Crippen LogP contribution is -2.46. The Hall–Kier alpha value is -2.67. The van der Waals surface area contributed by atoms with Crippen molar-refractivity contribution in [3.63, 3.8) is 0 Å². The van der Waals surface area contributed by atoms with Crippen LogP contribution in [0.4, 0.5) is 11.6 Å². The Morgan fingerprint density at radius 2 is 1.81 bits per heavy atom. The third-order valence-electron chi connectivity index (χ3n) is 4.45. The third-order valence-corrected chi connectivity index (χ3v) is 4.45. The molecule has 0 atom stereocenters. The van der Waals surface area contributed by atoms with Gasteiger partial charge >= 0.3 is 0 Å². The number of likely N-dealkylation sites (N-methyl/N-ethyl adjacent to an activating group) is 1. The summed E-state index contributed by atoms with van der Waals surface area (Å²) in [6.07, 6.45) is 0. The fourth-order valence-electron chi connectivity index (χ4n) is 2.82. The highest BCUT2D eigenvalue weighted by Gasteiger charge is 2.17. The number of carbonyl (C=O) groups is 1. The smallest absolute Gasteiger partial charge is 0.263 e. The summed E-state index contributed by atoms with van der Waals surface area (Å²) < 4.78 is 5.46. The largest absolute Gasteiger partial charge is 0.484 e. The molecule has 2 heterocycles. The predicted octanol–water partition coefficient (Wildman–Crippen LogP) is 1.94. The number of piperazine rings is 1. The van der Waals surface area contributed by atoms with Crippen LogP contribution in [0.5, 0.6) is 5.75 Å². The molecule has 2 aromatic rings. The van der Waals surface area contributed by atoms with E-state index in [9.17, 15) is 4.79 Å². The minimum atomic E-state index is -0.260. The molecule has 1 amide bonds. The molecule has 0 spiro atoms. The molecular formula is C19H25N5O2. The topological polar surface area (TPSA) is 70.6 Å². The summed E-state index contributed by atoms with van der Waals surface area (Å²) in [6.45, 7) is 9.15. The van der Waals surface area contributed by atoms with Gasteiger partial charge in [-0.05, 0) is 37.7 Å². The van der Waals surface area contributed by atoms with Gasteiger partial charge in [-0.3, -0.25) is 4.79 Å². The van der Waals surface area contributed by atoms with E-state index in [0.29, 0.717) is 11.6 Å². The van der Waals surface area contributed by atoms with Gasteiger partial charge in [0, 0.05) is 26.2 Å². The lowest BCUT2D eigenvalue weighted by molar-refractivity contribution is -0.118. The molecule has 7 heteroatoms. The standard InChI is InChI=1S/C19H25N5O2/c1-3-23-10-12-24(13-11-23)18-9-8-17(21-22-18)20-19(25)14-26-16-6-4-15(2)5-7-16/h4-9H,3,10-14H2,1-2H3,(H,20,21,25). The maximum atomic E-state index is 12.0. The molecule has 1 aromatic carbocycles. The van der Waals surface area contributed by atoms with Gasteiger partial charge < -0.3 is 19.9 Å². The molecule has 1 fully saturated rings. The van der Waals surface area contributed by atoms with Crippen LogP contribution in [0.1, 0.15) is 12.5 Å². The number of anilines is 2. The van der Waals surface area contributed by atoms with Crippen LogP contribution in [-0.4, -0.2) is 60.3 Å². The van der Waals surface area contributed by atoms with E-state index < -0.39 is 0 Å². The van der Waals surface area contributed by atoms with Gasteiger partial charge in [0.1, 0.15) is 5.75 Å². The van der Waals surface area contributed by atoms with Gasteiger partial charge in [-0.15, -0.1) is 10.2 Å². The zero-order valence-electron chi connectivity index (χ0n) is 15.3. The summed E-state index contributed by atoms with van der Waals surface area (Å²) in [7, 11) is 0. The van der Waals surface area contributed by atoms with Crippen molar-refractivity contribution < 1.29 is 9.53 Å². The molecule has 3 rings (SSSR count). The Labute approximate surface area is 154 Å². The monoisotopic (exact) mass is 355 g/mol. The Balaban J connectivity index is 1.47. The van der Waals surface area contributed by atoms with Crippen LogP contribution in [0, 0.1) is 6.92 Å². The normalized spacial score (nSPS) is 14.9. The maximum Gasteiger partial charge on any atom is 0.263 e. The molecule has 7 nitrogen and oxygen atoms in total. The highest BCUT2D eigenvalue weighted by molar-refractivity contribution is 5.90. The van der Waals surface area contributed by atoms with Crippen LogP contribution in [0.3, 0.4) is 0 Å². The molecule has 0 radical (unpaired) electrons. The van der Waals surface area contributed by atoms with Gasteiger partial charge in [0.2, 0.25) is 0 Å². The SMILES string of the molecule is CCN1CCN(c2ccc(NC(=O)COc3ccc(C)cc3)nn2)CC1. The van der Waals surface area contributed by atoms with E-state index in [-0.39, 0.29) is 12.5 Å². The number of hydrogen-bond donors (Lipinski definition) is 1. The number of benzene rings is 1. The van der Waals surface area contributed by atoms with Crippen LogP contribution < -0.4 is 15.0 Å². The summed E-state index contributed by atoms with van der Waals surface area (Å²) in [5, 5.41) is 11.0. The predicted molar refractivity (Wildman–Crippen MR) is 102 cm³/mol. The highest BCUT2D eigenvalue weighted by Crippen LogP contribution is 2.15. The number of amides is 1. The molecule has 1 N–H and O–H groups in total. The molecular weight excluding hydrogens is 330 g/mol. The van der Waals surface area contributed by atoms with Crippen molar-refractivity contribution in [1.82, 2.24) is 15.1 Å². The lowest BCUT2D eigenvalue weighted by atomic mass is 10.2. The van der Waals surface area contributed by atoms with Crippen molar-refractivity contribution in [1.29, 1.82) is 0 Å². The number of nitrogens with zero attached hydrogens (tertiary/aromatic N) is 4. The first-order valence-electron chi connectivity index (χ1n) is 8.94. The van der Waals surface area contributed by atoms with Crippen molar-refractivity contribution in [2.45, 2.75) is 13.8 Å². The summed E-state index contributed by atoms with van der Waals surface area (Å²) in [6, 6.07) is 11.2. The first-order valence-corrected chi connectivity index (χ1v) is 8.94. The van der Waals surface area contributed by atoms with E-state index in [4.69, 9.17) is 4.74 Å². The van der Waals surface area contributed by atoms with Gasteiger partial charge in [-0.1, -0.05) is 24.6 Å². The average Bonchev–Trinajstić information content (AvgIpc) is 2.68. The third kappa shape index (κ3) is 4.92. The second-order valence-electron chi connectivity index (χ2n) is 6.35. The molecule has 0 unspecified atom stereocenters. The highest BCUT2D eigenvalue weighted by atomic mass is 16.5. The van der Waals surface area contributed by atoms with Crippen molar-refractivity contribution in [2.75, 3.05) is 49.5 Å². The minimum Gasteiger partial charge on any atom is -0.484 e. The molecule has 0 aliphatic carbocycles. The molecule has 26 heavy (non-hydrogen) atoms. The molecule has 0 bridgehead atoms. The number of aromatic nitrogens is 2. The summed E-state index contributed by atoms with van der Waals surface area (Å²) >= 11 is 0. The minimum absolute atomic E-state index is 0.0640. The quantitative estimate of drug-likeness (QED) is 0.854. The number of hydrogen-bond acceptors (Lipinski definition) is 6. The first kappa shape index (κ1) is 18.1. The van der Waals surface area contributed by atoms with Crippen LogP contribution in [0.2, 0.25) is 0 Å². The summed E-state index contributed by atoms with van der Waals surface area (Å²) in [5.41, 5.74) is 1.15. The fraction of sp³-hybridized carbons (Fsp3) is 0.421. The van der Waals surface area contributed by atoms with Crippen LogP contribution in [0.15, 0.2) is 36.4 Å². The molecule has 1 aliphatic heterocycles. The van der Waals surface area contributed by atoms with Gasteiger partial charge in [0.05, 0.1) is 0 Å². The molecule has 0 saturated carbocycles. The van der Waals surface area contributed by atoms with Crippen molar-refractivity contribution in [2.24, 2.45) is 0 Å². The summed E-state index contributed by atoms with van der Waals surface area (Å²) in [5.74, 6) is 1.68. The van der Waals surface area contributed by atoms with Crippen LogP contribution in [0.25, 0.3) is 0 Å². The number of aryl methyl sites for hydroxylation is 1. The van der Waals surface area contributed by atoms with Gasteiger partial charge in [-0.25, -0.2) is 0 Å². The summed E-state index contributed by atoms with van der Waals surface area (Å²) in [4.78, 5) is 16.6. The maximum absolute atomic E-state index is 12.0. The molecule has 1 aliphatic rings. The van der Waals surface area contributed by atoms with E-state index in [1.54, 1.807) is 6.07 Å². The van der Waals surface area contributed by atoms with E-state index in [1.807, 2.05) is 37.3 Å². The number of rotatable bonds is 6. The Morgan fingerprint density at radius 3 is 2.42 bits per heavy atom. The number of carbonyl (C=O) groups excluding carboxylic acids is 1.